The number of hydrogen-bond donors (Lipinski definition) is 1. The van der Waals surface area contributed by atoms with E-state index in [1.807, 2.05) is 6.92 Å². The third kappa shape index (κ3) is 3.25. The Morgan fingerprint density at radius 3 is 2.63 bits per heavy atom. The molecular formula is C14H18ClFN2O. The number of likely N-dealkylation sites (tertiary alicyclic amines) is 1. The van der Waals surface area contributed by atoms with Crippen LogP contribution in [0.3, 0.4) is 0 Å². The molecule has 1 fully saturated rings. The highest BCUT2D eigenvalue weighted by molar-refractivity contribution is 6.33. The molecule has 0 spiro atoms. The average molecular weight is 285 g/mol. The second kappa shape index (κ2) is 5.47. The molecule has 0 atom stereocenters. The summed E-state index contributed by atoms with van der Waals surface area (Å²) in [4.78, 5) is 14.4. The van der Waals surface area contributed by atoms with Gasteiger partial charge in [-0.25, -0.2) is 4.39 Å². The summed E-state index contributed by atoms with van der Waals surface area (Å²) in [6.07, 6.45) is 1.70. The molecule has 1 aliphatic heterocycles. The van der Waals surface area contributed by atoms with Crippen molar-refractivity contribution in [2.45, 2.75) is 25.3 Å². The lowest BCUT2D eigenvalue weighted by molar-refractivity contribution is 0.0848. The van der Waals surface area contributed by atoms with Gasteiger partial charge in [0, 0.05) is 18.6 Å². The summed E-state index contributed by atoms with van der Waals surface area (Å²) in [6.45, 7) is 3.83. The number of nitrogens with zero attached hydrogens (tertiary/aromatic N) is 1. The summed E-state index contributed by atoms with van der Waals surface area (Å²) >= 11 is 5.90. The van der Waals surface area contributed by atoms with Crippen molar-refractivity contribution < 1.29 is 9.18 Å². The molecule has 0 radical (unpaired) electrons. The van der Waals surface area contributed by atoms with Crippen molar-refractivity contribution in [2.75, 3.05) is 20.1 Å². The Bertz CT molecular complexity index is 464. The molecular weight excluding hydrogens is 267 g/mol. The van der Waals surface area contributed by atoms with Crippen LogP contribution in [-0.4, -0.2) is 36.5 Å². The lowest BCUT2D eigenvalue weighted by Crippen LogP contribution is -2.52. The summed E-state index contributed by atoms with van der Waals surface area (Å²) < 4.78 is 13.7. The van der Waals surface area contributed by atoms with Gasteiger partial charge in [-0.1, -0.05) is 17.7 Å². The van der Waals surface area contributed by atoms with E-state index in [1.165, 1.54) is 18.2 Å². The van der Waals surface area contributed by atoms with Gasteiger partial charge in [-0.3, -0.25) is 4.79 Å². The maximum absolute atomic E-state index is 13.7. The first kappa shape index (κ1) is 14.3. The molecule has 0 bridgehead atoms. The SMILES string of the molecule is CN1CCC(C)(NC(=O)c2c(F)cccc2Cl)CC1. The molecule has 2 rings (SSSR count). The molecule has 1 aliphatic rings. The van der Waals surface area contributed by atoms with Crippen LogP contribution in [-0.2, 0) is 0 Å². The van der Waals surface area contributed by atoms with E-state index >= 15 is 0 Å². The molecule has 1 aromatic rings. The number of hydrogen-bond acceptors (Lipinski definition) is 2. The highest BCUT2D eigenvalue weighted by atomic mass is 35.5. The van der Waals surface area contributed by atoms with E-state index in [1.54, 1.807) is 0 Å². The van der Waals surface area contributed by atoms with Crippen LogP contribution in [0.1, 0.15) is 30.1 Å². The van der Waals surface area contributed by atoms with Gasteiger partial charge in [0.15, 0.2) is 0 Å². The minimum absolute atomic E-state index is 0.0654. The number of rotatable bonds is 2. The number of halogens is 2. The highest BCUT2D eigenvalue weighted by Gasteiger charge is 2.31. The Balaban J connectivity index is 2.13. The van der Waals surface area contributed by atoms with Crippen LogP contribution >= 0.6 is 11.6 Å². The third-order valence-corrected chi connectivity index (χ3v) is 4.01. The van der Waals surface area contributed by atoms with E-state index < -0.39 is 11.7 Å². The van der Waals surface area contributed by atoms with Gasteiger partial charge in [-0.05, 0) is 38.9 Å². The molecule has 104 valence electrons. The normalized spacial score (nSPS) is 19.2. The molecule has 19 heavy (non-hydrogen) atoms. The topological polar surface area (TPSA) is 32.3 Å². The van der Waals surface area contributed by atoms with E-state index in [4.69, 9.17) is 11.6 Å². The zero-order chi connectivity index (χ0) is 14.0. The van der Waals surface area contributed by atoms with Crippen molar-refractivity contribution in [1.29, 1.82) is 0 Å². The van der Waals surface area contributed by atoms with Crippen molar-refractivity contribution in [3.8, 4) is 0 Å². The van der Waals surface area contributed by atoms with Gasteiger partial charge in [0.05, 0.1) is 10.6 Å². The lowest BCUT2D eigenvalue weighted by Gasteiger charge is -2.38. The molecule has 1 amide bonds. The largest absolute Gasteiger partial charge is 0.347 e. The van der Waals surface area contributed by atoms with Crippen molar-refractivity contribution >= 4 is 17.5 Å². The minimum Gasteiger partial charge on any atom is -0.347 e. The van der Waals surface area contributed by atoms with Crippen molar-refractivity contribution in [3.63, 3.8) is 0 Å². The predicted molar refractivity (Wildman–Crippen MR) is 74.0 cm³/mol. The molecule has 0 aliphatic carbocycles. The first-order valence-corrected chi connectivity index (χ1v) is 6.74. The maximum Gasteiger partial charge on any atom is 0.256 e. The standard InChI is InChI=1S/C14H18ClFN2O/c1-14(6-8-18(2)9-7-14)17-13(19)12-10(15)4-3-5-11(12)16/h3-5H,6-9H2,1-2H3,(H,17,19). The van der Waals surface area contributed by atoms with Gasteiger partial charge in [0.25, 0.3) is 5.91 Å². The molecule has 0 aromatic heterocycles. The summed E-state index contributed by atoms with van der Waals surface area (Å²) in [5.74, 6) is -1.02. The van der Waals surface area contributed by atoms with Crippen LogP contribution in [0.15, 0.2) is 18.2 Å². The molecule has 5 heteroatoms. The number of nitrogens with one attached hydrogen (secondary N) is 1. The fraction of sp³-hybridized carbons (Fsp3) is 0.500. The van der Waals surface area contributed by atoms with Gasteiger partial charge >= 0.3 is 0 Å². The molecule has 1 heterocycles. The summed E-state index contributed by atoms with van der Waals surface area (Å²) in [7, 11) is 2.05. The molecule has 3 nitrogen and oxygen atoms in total. The molecule has 1 aromatic carbocycles. The second-order valence-electron chi connectivity index (χ2n) is 5.41. The van der Waals surface area contributed by atoms with Crippen molar-refractivity contribution in [2.24, 2.45) is 0 Å². The Kier molecular flexibility index (Phi) is 4.11. The first-order chi connectivity index (χ1) is 8.91. The fourth-order valence-electron chi connectivity index (χ4n) is 2.29. The van der Waals surface area contributed by atoms with Crippen LogP contribution in [0, 0.1) is 5.82 Å². The minimum atomic E-state index is -0.582. The van der Waals surface area contributed by atoms with Crippen LogP contribution in [0.25, 0.3) is 0 Å². The zero-order valence-corrected chi connectivity index (χ0v) is 11.9. The van der Waals surface area contributed by atoms with Gasteiger partial charge in [0.2, 0.25) is 0 Å². The van der Waals surface area contributed by atoms with E-state index in [-0.39, 0.29) is 16.1 Å². The van der Waals surface area contributed by atoms with Gasteiger partial charge in [-0.2, -0.15) is 0 Å². The van der Waals surface area contributed by atoms with Crippen LogP contribution in [0.2, 0.25) is 5.02 Å². The van der Waals surface area contributed by atoms with Gasteiger partial charge < -0.3 is 10.2 Å². The van der Waals surface area contributed by atoms with Crippen LogP contribution < -0.4 is 5.32 Å². The smallest absolute Gasteiger partial charge is 0.256 e. The van der Waals surface area contributed by atoms with E-state index in [0.29, 0.717) is 0 Å². The van der Waals surface area contributed by atoms with Crippen LogP contribution in [0.5, 0.6) is 0 Å². The Labute approximate surface area is 117 Å². The number of amides is 1. The van der Waals surface area contributed by atoms with Crippen molar-refractivity contribution in [1.82, 2.24) is 10.2 Å². The van der Waals surface area contributed by atoms with E-state index in [0.717, 1.165) is 25.9 Å². The Morgan fingerprint density at radius 2 is 2.05 bits per heavy atom. The van der Waals surface area contributed by atoms with E-state index in [2.05, 4.69) is 17.3 Å². The molecule has 1 saturated heterocycles. The average Bonchev–Trinajstić information content (AvgIpc) is 2.33. The van der Waals surface area contributed by atoms with Gasteiger partial charge in [-0.15, -0.1) is 0 Å². The highest BCUT2D eigenvalue weighted by Crippen LogP contribution is 2.24. The third-order valence-electron chi connectivity index (χ3n) is 3.70. The number of benzene rings is 1. The summed E-state index contributed by atoms with van der Waals surface area (Å²) in [5, 5.41) is 3.07. The second-order valence-corrected chi connectivity index (χ2v) is 5.82. The van der Waals surface area contributed by atoms with Crippen LogP contribution in [0.4, 0.5) is 4.39 Å². The Hall–Kier alpha value is -1.13. The maximum atomic E-state index is 13.7. The molecule has 1 N–H and O–H groups in total. The molecule has 0 unspecified atom stereocenters. The van der Waals surface area contributed by atoms with Gasteiger partial charge in [0.1, 0.15) is 5.82 Å². The lowest BCUT2D eigenvalue weighted by atomic mass is 9.89. The van der Waals surface area contributed by atoms with Crippen molar-refractivity contribution in [3.05, 3.63) is 34.6 Å². The zero-order valence-electron chi connectivity index (χ0n) is 11.2. The Morgan fingerprint density at radius 1 is 1.42 bits per heavy atom. The monoisotopic (exact) mass is 284 g/mol. The predicted octanol–water partition coefficient (Wildman–Crippen LogP) is 2.69. The fourth-order valence-corrected chi connectivity index (χ4v) is 2.54. The van der Waals surface area contributed by atoms with E-state index in [9.17, 15) is 9.18 Å². The summed E-state index contributed by atoms with van der Waals surface area (Å²) in [6, 6.07) is 4.26. The number of piperidine rings is 1. The first-order valence-electron chi connectivity index (χ1n) is 6.36. The number of carbonyl (C=O) groups is 1. The molecule has 0 saturated carbocycles. The number of carbonyl (C=O) groups excluding carboxylic acids is 1. The quantitative estimate of drug-likeness (QED) is 0.906. The summed E-state index contributed by atoms with van der Waals surface area (Å²) in [5.41, 5.74) is -0.362.